The first-order chi connectivity index (χ1) is 12.8. The van der Waals surface area contributed by atoms with Crippen LogP contribution in [0.3, 0.4) is 0 Å². The predicted molar refractivity (Wildman–Crippen MR) is 109 cm³/mol. The second kappa shape index (κ2) is 9.59. The molecule has 26 heavy (non-hydrogen) atoms. The maximum atomic E-state index is 9.39. The van der Waals surface area contributed by atoms with Crippen LogP contribution in [-0.2, 0) is 6.54 Å². The van der Waals surface area contributed by atoms with Gasteiger partial charge in [-0.1, -0.05) is 18.2 Å². The van der Waals surface area contributed by atoms with E-state index in [9.17, 15) is 5.11 Å². The van der Waals surface area contributed by atoms with E-state index < -0.39 is 0 Å². The van der Waals surface area contributed by atoms with Crippen LogP contribution >= 0.6 is 11.3 Å². The number of aromatic hydroxyl groups is 1. The van der Waals surface area contributed by atoms with E-state index in [1.165, 1.54) is 30.8 Å². The molecule has 0 radical (unpaired) electrons. The number of nitrogens with one attached hydrogen (secondary N) is 2. The van der Waals surface area contributed by atoms with Crippen molar-refractivity contribution in [1.29, 1.82) is 0 Å². The van der Waals surface area contributed by atoms with Gasteiger partial charge in [-0.15, -0.1) is 11.3 Å². The summed E-state index contributed by atoms with van der Waals surface area (Å²) in [7, 11) is 0. The van der Waals surface area contributed by atoms with Gasteiger partial charge in [0.2, 0.25) is 0 Å². The summed E-state index contributed by atoms with van der Waals surface area (Å²) >= 11 is 1.83. The van der Waals surface area contributed by atoms with E-state index in [0.29, 0.717) is 12.6 Å². The molecule has 1 atom stereocenters. The lowest BCUT2D eigenvalue weighted by atomic mass is 10.2. The first kappa shape index (κ1) is 18.7. The number of phenols is 1. The number of rotatable bonds is 7. The first-order valence-electron chi connectivity index (χ1n) is 9.34. The predicted octanol–water partition coefficient (Wildman–Crippen LogP) is 3.35. The van der Waals surface area contributed by atoms with Crippen LogP contribution in [0, 0.1) is 0 Å². The Balaban J connectivity index is 1.63. The minimum absolute atomic E-state index is 0.284. The smallest absolute Gasteiger partial charge is 0.191 e. The standard InChI is InChI=1S/C20H28N4OS/c1-2-21-20(22-14-16-7-9-17(25)10-8-16)23-15-18(19-6-5-13-26-19)24-11-3-4-12-24/h5-10,13,18,25H,2-4,11-12,14-15H2,1H3,(H2,21,22,23). The number of benzene rings is 1. The van der Waals surface area contributed by atoms with E-state index in [1.54, 1.807) is 12.1 Å². The minimum atomic E-state index is 0.284. The average Bonchev–Trinajstić information content (AvgIpc) is 3.35. The summed E-state index contributed by atoms with van der Waals surface area (Å²) in [5, 5.41) is 18.4. The Morgan fingerprint density at radius 3 is 2.62 bits per heavy atom. The lowest BCUT2D eigenvalue weighted by Crippen LogP contribution is -2.42. The number of phenolic OH excluding ortho intramolecular Hbond substituents is 1. The molecular formula is C20H28N4OS. The van der Waals surface area contributed by atoms with Crippen LogP contribution < -0.4 is 10.6 Å². The third-order valence-corrected chi connectivity index (χ3v) is 5.59. The van der Waals surface area contributed by atoms with Crippen molar-refractivity contribution in [3.63, 3.8) is 0 Å². The van der Waals surface area contributed by atoms with Crippen LogP contribution in [0.15, 0.2) is 46.8 Å². The van der Waals surface area contributed by atoms with Gasteiger partial charge in [-0.05, 0) is 62.0 Å². The Hall–Kier alpha value is -2.05. The molecule has 1 aromatic carbocycles. The first-order valence-corrected chi connectivity index (χ1v) is 10.2. The Labute approximate surface area is 159 Å². The summed E-state index contributed by atoms with van der Waals surface area (Å²) < 4.78 is 0. The van der Waals surface area contributed by atoms with Gasteiger partial charge in [-0.25, -0.2) is 4.99 Å². The molecule has 0 amide bonds. The quantitative estimate of drug-likeness (QED) is 0.515. The normalized spacial score (nSPS) is 16.6. The maximum Gasteiger partial charge on any atom is 0.191 e. The Bertz CT molecular complexity index is 678. The molecule has 3 N–H and O–H groups in total. The van der Waals surface area contributed by atoms with Crippen LogP contribution in [0.4, 0.5) is 0 Å². The van der Waals surface area contributed by atoms with Crippen molar-refractivity contribution in [2.24, 2.45) is 4.99 Å². The van der Waals surface area contributed by atoms with Crippen LogP contribution in [0.1, 0.15) is 36.2 Å². The highest BCUT2D eigenvalue weighted by Gasteiger charge is 2.24. The summed E-state index contributed by atoms with van der Waals surface area (Å²) in [6.07, 6.45) is 2.58. The molecule has 6 heteroatoms. The Kier molecular flexibility index (Phi) is 6.91. The zero-order chi connectivity index (χ0) is 18.2. The molecule has 1 unspecified atom stereocenters. The zero-order valence-corrected chi connectivity index (χ0v) is 16.1. The topological polar surface area (TPSA) is 59.9 Å². The zero-order valence-electron chi connectivity index (χ0n) is 15.3. The van der Waals surface area contributed by atoms with E-state index in [1.807, 2.05) is 23.5 Å². The average molecular weight is 373 g/mol. The number of nitrogens with zero attached hydrogens (tertiary/aromatic N) is 2. The van der Waals surface area contributed by atoms with Gasteiger partial charge in [0.1, 0.15) is 5.75 Å². The van der Waals surface area contributed by atoms with Crippen LogP contribution in [0.5, 0.6) is 5.75 Å². The molecule has 2 heterocycles. The van der Waals surface area contributed by atoms with Gasteiger partial charge in [-0.3, -0.25) is 4.90 Å². The van der Waals surface area contributed by atoms with Crippen LogP contribution in [0.2, 0.25) is 0 Å². The lowest BCUT2D eigenvalue weighted by Gasteiger charge is -2.27. The SMILES string of the molecule is CCNC(=NCc1ccc(O)cc1)NCC(c1cccs1)N1CCCC1. The van der Waals surface area contributed by atoms with Gasteiger partial charge in [0, 0.05) is 18.0 Å². The molecule has 0 aliphatic carbocycles. The highest BCUT2D eigenvalue weighted by Crippen LogP contribution is 2.27. The molecule has 1 aliphatic heterocycles. The monoisotopic (exact) mass is 372 g/mol. The molecule has 0 saturated carbocycles. The fraction of sp³-hybridized carbons (Fsp3) is 0.450. The van der Waals surface area contributed by atoms with E-state index >= 15 is 0 Å². The van der Waals surface area contributed by atoms with Gasteiger partial charge in [0.05, 0.1) is 12.6 Å². The van der Waals surface area contributed by atoms with Crippen molar-refractivity contribution in [2.75, 3.05) is 26.2 Å². The molecule has 0 spiro atoms. The number of likely N-dealkylation sites (tertiary alicyclic amines) is 1. The Morgan fingerprint density at radius 1 is 1.19 bits per heavy atom. The number of thiophene rings is 1. The van der Waals surface area contributed by atoms with Crippen molar-refractivity contribution in [3.8, 4) is 5.75 Å². The van der Waals surface area contributed by atoms with Gasteiger partial charge in [0.25, 0.3) is 0 Å². The van der Waals surface area contributed by atoms with E-state index in [4.69, 9.17) is 4.99 Å². The molecule has 5 nitrogen and oxygen atoms in total. The maximum absolute atomic E-state index is 9.39. The summed E-state index contributed by atoms with van der Waals surface area (Å²) in [4.78, 5) is 8.67. The van der Waals surface area contributed by atoms with Crippen molar-refractivity contribution in [2.45, 2.75) is 32.4 Å². The third kappa shape index (κ3) is 5.22. The molecule has 1 fully saturated rings. The van der Waals surface area contributed by atoms with Crippen LogP contribution in [-0.4, -0.2) is 42.1 Å². The fourth-order valence-electron chi connectivity index (χ4n) is 3.25. The third-order valence-electron chi connectivity index (χ3n) is 4.62. The molecule has 2 aromatic rings. The van der Waals surface area contributed by atoms with Crippen molar-refractivity contribution < 1.29 is 5.11 Å². The summed E-state index contributed by atoms with van der Waals surface area (Å²) in [5.41, 5.74) is 1.08. The van der Waals surface area contributed by atoms with E-state index in [2.05, 4.69) is 40.0 Å². The molecular weight excluding hydrogens is 344 g/mol. The second-order valence-corrected chi connectivity index (χ2v) is 7.50. The molecule has 140 valence electrons. The lowest BCUT2D eigenvalue weighted by molar-refractivity contribution is 0.249. The minimum Gasteiger partial charge on any atom is -0.508 e. The van der Waals surface area contributed by atoms with Crippen molar-refractivity contribution in [1.82, 2.24) is 15.5 Å². The number of aliphatic imine (C=N–C) groups is 1. The van der Waals surface area contributed by atoms with Gasteiger partial charge >= 0.3 is 0 Å². The Morgan fingerprint density at radius 2 is 1.96 bits per heavy atom. The molecule has 0 bridgehead atoms. The fourth-order valence-corrected chi connectivity index (χ4v) is 4.11. The van der Waals surface area contributed by atoms with Gasteiger partial charge < -0.3 is 15.7 Å². The second-order valence-electron chi connectivity index (χ2n) is 6.52. The summed E-state index contributed by atoms with van der Waals surface area (Å²) in [5.74, 6) is 1.12. The number of guanidine groups is 1. The summed E-state index contributed by atoms with van der Waals surface area (Å²) in [6.45, 7) is 6.69. The van der Waals surface area contributed by atoms with Crippen molar-refractivity contribution in [3.05, 3.63) is 52.2 Å². The summed E-state index contributed by atoms with van der Waals surface area (Å²) in [6, 6.07) is 12.0. The highest BCUT2D eigenvalue weighted by atomic mass is 32.1. The van der Waals surface area contributed by atoms with Gasteiger partial charge in [-0.2, -0.15) is 0 Å². The van der Waals surface area contributed by atoms with Crippen molar-refractivity contribution >= 4 is 17.3 Å². The van der Waals surface area contributed by atoms with Gasteiger partial charge in [0.15, 0.2) is 5.96 Å². The number of hydrogen-bond acceptors (Lipinski definition) is 4. The van der Waals surface area contributed by atoms with E-state index in [0.717, 1.165) is 24.6 Å². The molecule has 1 aliphatic rings. The highest BCUT2D eigenvalue weighted by molar-refractivity contribution is 7.10. The van der Waals surface area contributed by atoms with E-state index in [-0.39, 0.29) is 5.75 Å². The van der Waals surface area contributed by atoms with Crippen LogP contribution in [0.25, 0.3) is 0 Å². The molecule has 3 rings (SSSR count). The largest absolute Gasteiger partial charge is 0.508 e. The molecule has 1 aromatic heterocycles. The molecule has 1 saturated heterocycles. The number of hydrogen-bond donors (Lipinski definition) is 3.